The number of phenolic OH excluding ortho intramolecular Hbond substituents is 3. The second-order valence-corrected chi connectivity index (χ2v) is 8.11. The van der Waals surface area contributed by atoms with Crippen LogP contribution in [0.2, 0.25) is 0 Å². The van der Waals surface area contributed by atoms with Crippen molar-refractivity contribution in [3.63, 3.8) is 0 Å². The summed E-state index contributed by atoms with van der Waals surface area (Å²) < 4.78 is 5.97. The van der Waals surface area contributed by atoms with E-state index in [4.69, 9.17) is 4.74 Å². The van der Waals surface area contributed by atoms with Gasteiger partial charge < -0.3 is 25.2 Å². The summed E-state index contributed by atoms with van der Waals surface area (Å²) in [6, 6.07) is 7.08. The van der Waals surface area contributed by atoms with Crippen molar-refractivity contribution in [1.82, 2.24) is 0 Å². The molecule has 0 fully saturated rings. The number of hydrogen-bond acceptors (Lipinski definition) is 6. The molecule has 6 heteroatoms. The van der Waals surface area contributed by atoms with E-state index in [2.05, 4.69) is 6.08 Å². The van der Waals surface area contributed by atoms with Crippen LogP contribution >= 0.6 is 0 Å². The van der Waals surface area contributed by atoms with Gasteiger partial charge in [0.1, 0.15) is 28.6 Å². The zero-order valence-electron chi connectivity index (χ0n) is 17.9. The molecular weight excluding hydrogens is 396 g/mol. The second kappa shape index (κ2) is 9.27. The highest BCUT2D eigenvalue weighted by molar-refractivity contribution is 6.06. The highest BCUT2D eigenvalue weighted by Gasteiger charge is 2.40. The third kappa shape index (κ3) is 4.91. The molecule has 2 unspecified atom stereocenters. The Labute approximate surface area is 181 Å². The molecule has 1 aliphatic heterocycles. The first-order valence-corrected chi connectivity index (χ1v) is 10.2. The van der Waals surface area contributed by atoms with Gasteiger partial charge in [-0.25, -0.2) is 0 Å². The molecule has 6 nitrogen and oxygen atoms in total. The summed E-state index contributed by atoms with van der Waals surface area (Å²) in [4.78, 5) is 12.9. The van der Waals surface area contributed by atoms with Crippen LogP contribution in [0, 0.1) is 0 Å². The molecular formula is C25H28O6. The van der Waals surface area contributed by atoms with E-state index in [9.17, 15) is 25.2 Å². The maximum absolute atomic E-state index is 12.9. The highest BCUT2D eigenvalue weighted by atomic mass is 16.5. The van der Waals surface area contributed by atoms with Crippen LogP contribution < -0.4 is 4.74 Å². The highest BCUT2D eigenvalue weighted by Crippen LogP contribution is 2.45. The number of rotatable bonds is 6. The maximum atomic E-state index is 12.9. The molecule has 4 N–H and O–H groups in total. The van der Waals surface area contributed by atoms with Crippen molar-refractivity contribution in [3.8, 4) is 23.0 Å². The zero-order chi connectivity index (χ0) is 22.7. The summed E-state index contributed by atoms with van der Waals surface area (Å²) in [5, 5.41) is 40.8. The molecule has 0 aliphatic carbocycles. The van der Waals surface area contributed by atoms with Gasteiger partial charge in [-0.1, -0.05) is 35.4 Å². The quantitative estimate of drug-likeness (QED) is 0.500. The lowest BCUT2D eigenvalue weighted by atomic mass is 9.90. The van der Waals surface area contributed by atoms with Gasteiger partial charge in [0.05, 0.1) is 0 Å². The predicted molar refractivity (Wildman–Crippen MR) is 118 cm³/mol. The van der Waals surface area contributed by atoms with E-state index in [-0.39, 0.29) is 22.8 Å². The number of carbonyl (C=O) groups excluding carboxylic acids is 1. The van der Waals surface area contributed by atoms with Gasteiger partial charge in [-0.05, 0) is 57.7 Å². The van der Waals surface area contributed by atoms with Gasteiger partial charge in [0.2, 0.25) is 5.78 Å². The molecule has 0 spiro atoms. The van der Waals surface area contributed by atoms with Crippen LogP contribution in [0.15, 0.2) is 53.6 Å². The van der Waals surface area contributed by atoms with E-state index in [1.165, 1.54) is 17.7 Å². The average Bonchev–Trinajstić information content (AvgIpc) is 2.70. The van der Waals surface area contributed by atoms with Crippen LogP contribution in [-0.2, 0) is 6.42 Å². The number of aromatic hydroxyl groups is 3. The molecule has 164 valence electrons. The number of phenols is 3. The number of ether oxygens (including phenoxy) is 1. The Morgan fingerprint density at radius 1 is 1.03 bits per heavy atom. The number of Topliss-reactive ketones (excluding diaryl/α,β-unsaturated/α-hetero) is 1. The Morgan fingerprint density at radius 2 is 1.71 bits per heavy atom. The largest absolute Gasteiger partial charge is 0.508 e. The molecule has 2 aromatic rings. The molecule has 2 atom stereocenters. The minimum atomic E-state index is -1.53. The monoisotopic (exact) mass is 424 g/mol. The molecule has 3 rings (SSSR count). The van der Waals surface area contributed by atoms with E-state index in [0.717, 1.165) is 24.5 Å². The van der Waals surface area contributed by atoms with E-state index in [1.807, 2.05) is 26.8 Å². The standard InChI is InChI=1S/C25H28O6/c1-14(2)5-4-6-15(3)7-12-18-19(27)13-20(28)21-22(29)23(30)24(31-25(18)21)16-8-10-17(26)11-9-16/h5,7-11,13,23-24,26-28,30H,4,6,12H2,1-3H3. The topological polar surface area (TPSA) is 107 Å². The summed E-state index contributed by atoms with van der Waals surface area (Å²) in [7, 11) is 0. The van der Waals surface area contributed by atoms with Crippen molar-refractivity contribution in [2.24, 2.45) is 0 Å². The van der Waals surface area contributed by atoms with Crippen molar-refractivity contribution in [2.45, 2.75) is 52.2 Å². The van der Waals surface area contributed by atoms with Gasteiger partial charge >= 0.3 is 0 Å². The molecule has 0 amide bonds. The van der Waals surface area contributed by atoms with Gasteiger partial charge in [0.25, 0.3) is 0 Å². The molecule has 31 heavy (non-hydrogen) atoms. The molecule has 0 radical (unpaired) electrons. The Kier molecular flexibility index (Phi) is 6.71. The van der Waals surface area contributed by atoms with E-state index >= 15 is 0 Å². The number of hydrogen-bond donors (Lipinski definition) is 4. The number of allylic oxidation sites excluding steroid dienone is 4. The number of ketones is 1. The lowest BCUT2D eigenvalue weighted by Crippen LogP contribution is -2.36. The fourth-order valence-electron chi connectivity index (χ4n) is 3.60. The summed E-state index contributed by atoms with van der Waals surface area (Å²) in [6.45, 7) is 6.10. The third-order valence-corrected chi connectivity index (χ3v) is 5.35. The number of aliphatic hydroxyl groups is 1. The minimum absolute atomic E-state index is 0.0467. The fraction of sp³-hybridized carbons (Fsp3) is 0.320. The first-order chi connectivity index (χ1) is 14.7. The van der Waals surface area contributed by atoms with Crippen molar-refractivity contribution in [2.75, 3.05) is 0 Å². The summed E-state index contributed by atoms with van der Waals surface area (Å²) >= 11 is 0. The molecule has 0 saturated carbocycles. The van der Waals surface area contributed by atoms with Crippen LogP contribution in [0.3, 0.4) is 0 Å². The van der Waals surface area contributed by atoms with Crippen molar-refractivity contribution >= 4 is 5.78 Å². The lowest BCUT2D eigenvalue weighted by molar-refractivity contribution is 0.0206. The smallest absolute Gasteiger partial charge is 0.202 e. The Hall–Kier alpha value is -3.25. The van der Waals surface area contributed by atoms with E-state index < -0.39 is 23.7 Å². The van der Waals surface area contributed by atoms with Gasteiger partial charge in [-0.2, -0.15) is 0 Å². The van der Waals surface area contributed by atoms with Crippen LogP contribution in [0.25, 0.3) is 0 Å². The molecule has 1 aliphatic rings. The Morgan fingerprint density at radius 3 is 2.35 bits per heavy atom. The van der Waals surface area contributed by atoms with Crippen LogP contribution in [0.4, 0.5) is 0 Å². The summed E-state index contributed by atoms with van der Waals surface area (Å²) in [5.74, 6) is -1.18. The van der Waals surface area contributed by atoms with Gasteiger partial charge in [0.15, 0.2) is 12.2 Å². The summed E-state index contributed by atoms with van der Waals surface area (Å²) in [6.07, 6.45) is 3.64. The predicted octanol–water partition coefficient (Wildman–Crippen LogP) is 4.72. The number of fused-ring (bicyclic) bond motifs is 1. The van der Waals surface area contributed by atoms with Crippen LogP contribution in [0.5, 0.6) is 23.0 Å². The fourth-order valence-corrected chi connectivity index (χ4v) is 3.60. The molecule has 0 bridgehead atoms. The number of benzene rings is 2. The zero-order valence-corrected chi connectivity index (χ0v) is 17.9. The van der Waals surface area contributed by atoms with Crippen molar-refractivity contribution in [3.05, 3.63) is 70.3 Å². The Balaban J connectivity index is 1.96. The first-order valence-electron chi connectivity index (χ1n) is 10.2. The molecule has 0 aromatic heterocycles. The molecule has 2 aromatic carbocycles. The number of carbonyl (C=O) groups is 1. The minimum Gasteiger partial charge on any atom is -0.508 e. The van der Waals surface area contributed by atoms with Crippen molar-refractivity contribution in [1.29, 1.82) is 0 Å². The normalized spacial score (nSPS) is 18.3. The van der Waals surface area contributed by atoms with E-state index in [0.29, 0.717) is 17.5 Å². The second-order valence-electron chi connectivity index (χ2n) is 8.11. The van der Waals surface area contributed by atoms with Crippen LogP contribution in [-0.4, -0.2) is 32.3 Å². The van der Waals surface area contributed by atoms with Crippen LogP contribution in [0.1, 0.15) is 61.2 Å². The summed E-state index contributed by atoms with van der Waals surface area (Å²) in [5.41, 5.74) is 3.11. The number of aliphatic hydroxyl groups excluding tert-OH is 1. The van der Waals surface area contributed by atoms with Gasteiger partial charge in [-0.15, -0.1) is 0 Å². The molecule has 0 saturated heterocycles. The first kappa shape index (κ1) is 22.4. The third-order valence-electron chi connectivity index (χ3n) is 5.35. The average molecular weight is 424 g/mol. The van der Waals surface area contributed by atoms with Gasteiger partial charge in [0, 0.05) is 11.6 Å². The molecule has 1 heterocycles. The Bertz CT molecular complexity index is 1030. The maximum Gasteiger partial charge on any atom is 0.202 e. The lowest BCUT2D eigenvalue weighted by Gasteiger charge is -2.31. The van der Waals surface area contributed by atoms with Gasteiger partial charge in [-0.3, -0.25) is 4.79 Å². The SMILES string of the molecule is CC(C)=CCCC(C)=CCc1c(O)cc(O)c2c1OC(c1ccc(O)cc1)C(O)C2=O. The van der Waals surface area contributed by atoms with E-state index in [1.54, 1.807) is 12.1 Å². The van der Waals surface area contributed by atoms with Crippen molar-refractivity contribution < 1.29 is 30.0 Å².